The number of fused-ring (bicyclic) bond motifs is 1. The van der Waals surface area contributed by atoms with Crippen LogP contribution in [0.25, 0.3) is 0 Å². The van der Waals surface area contributed by atoms with Gasteiger partial charge in [0, 0.05) is 23.9 Å². The summed E-state index contributed by atoms with van der Waals surface area (Å²) in [5.41, 5.74) is 0.611. The van der Waals surface area contributed by atoms with E-state index in [-0.39, 0.29) is 5.56 Å². The number of nitrogens with one attached hydrogen (secondary N) is 1. The first kappa shape index (κ1) is 7.46. The van der Waals surface area contributed by atoms with Crippen molar-refractivity contribution in [1.82, 2.24) is 0 Å². The summed E-state index contributed by atoms with van der Waals surface area (Å²) in [6.07, 6.45) is 0.415. The third-order valence-electron chi connectivity index (χ3n) is 1.95. The van der Waals surface area contributed by atoms with E-state index in [4.69, 9.17) is 0 Å². The van der Waals surface area contributed by atoms with Crippen molar-refractivity contribution in [1.29, 1.82) is 0 Å². The fraction of sp³-hybridized carbons (Fsp3) is 0.250. The van der Waals surface area contributed by atoms with Crippen LogP contribution in [0, 0.1) is 17.5 Å². The molecule has 64 valence electrons. The summed E-state index contributed by atoms with van der Waals surface area (Å²) in [4.78, 5) is 0. The molecular formula is C8H6F3N. The van der Waals surface area contributed by atoms with Crippen LogP contribution in [0.3, 0.4) is 0 Å². The van der Waals surface area contributed by atoms with Crippen LogP contribution in [-0.4, -0.2) is 6.54 Å². The summed E-state index contributed by atoms with van der Waals surface area (Å²) in [5, 5.41) is 2.76. The molecule has 0 bridgehead atoms. The van der Waals surface area contributed by atoms with Crippen molar-refractivity contribution in [3.63, 3.8) is 0 Å². The van der Waals surface area contributed by atoms with E-state index in [1.807, 2.05) is 0 Å². The molecule has 0 amide bonds. The lowest BCUT2D eigenvalue weighted by atomic mass is 10.1. The van der Waals surface area contributed by atoms with Crippen molar-refractivity contribution in [2.75, 3.05) is 11.9 Å². The highest BCUT2D eigenvalue weighted by Crippen LogP contribution is 2.28. The Morgan fingerprint density at radius 2 is 1.92 bits per heavy atom. The Kier molecular flexibility index (Phi) is 1.49. The molecule has 2 rings (SSSR count). The summed E-state index contributed by atoms with van der Waals surface area (Å²) in [6.45, 7) is 0.537. The van der Waals surface area contributed by atoms with E-state index < -0.39 is 17.5 Å². The van der Waals surface area contributed by atoms with Gasteiger partial charge in [0.2, 0.25) is 0 Å². The molecule has 0 spiro atoms. The molecule has 0 aliphatic carbocycles. The number of rotatable bonds is 0. The van der Waals surface area contributed by atoms with Crippen molar-refractivity contribution in [3.8, 4) is 0 Å². The third kappa shape index (κ3) is 0.873. The average Bonchev–Trinajstić information content (AvgIpc) is 2.48. The zero-order valence-corrected chi connectivity index (χ0v) is 6.13. The zero-order valence-electron chi connectivity index (χ0n) is 6.13. The van der Waals surface area contributed by atoms with Crippen LogP contribution >= 0.6 is 0 Å². The van der Waals surface area contributed by atoms with Gasteiger partial charge in [0.15, 0.2) is 17.5 Å². The summed E-state index contributed by atoms with van der Waals surface area (Å²) in [7, 11) is 0. The van der Waals surface area contributed by atoms with E-state index in [0.29, 0.717) is 18.7 Å². The summed E-state index contributed by atoms with van der Waals surface area (Å²) in [6, 6.07) is 0.987. The number of halogens is 3. The van der Waals surface area contributed by atoms with Crippen LogP contribution in [0.4, 0.5) is 18.9 Å². The molecule has 1 aliphatic heterocycles. The highest BCUT2D eigenvalue weighted by Gasteiger charge is 2.21. The number of hydrogen-bond acceptors (Lipinski definition) is 1. The quantitative estimate of drug-likeness (QED) is 0.592. The largest absolute Gasteiger partial charge is 0.384 e. The van der Waals surface area contributed by atoms with Crippen molar-refractivity contribution in [2.45, 2.75) is 6.42 Å². The fourth-order valence-corrected chi connectivity index (χ4v) is 1.36. The van der Waals surface area contributed by atoms with Gasteiger partial charge in [-0.1, -0.05) is 0 Å². The minimum atomic E-state index is -1.38. The van der Waals surface area contributed by atoms with E-state index in [0.717, 1.165) is 6.07 Å². The first-order valence-electron chi connectivity index (χ1n) is 3.60. The van der Waals surface area contributed by atoms with E-state index in [9.17, 15) is 13.2 Å². The van der Waals surface area contributed by atoms with Gasteiger partial charge in [-0.25, -0.2) is 13.2 Å². The Morgan fingerprint density at radius 3 is 2.67 bits per heavy atom. The van der Waals surface area contributed by atoms with Crippen LogP contribution in [-0.2, 0) is 6.42 Å². The van der Waals surface area contributed by atoms with Crippen molar-refractivity contribution in [2.24, 2.45) is 0 Å². The standard InChI is InChI=1S/C8H6F3N/c9-5-3-6-4(1-2-12-6)7(10)8(5)11/h3,12H,1-2H2. The minimum Gasteiger partial charge on any atom is -0.384 e. The molecule has 1 aromatic carbocycles. The topological polar surface area (TPSA) is 12.0 Å². The second-order valence-corrected chi connectivity index (χ2v) is 2.69. The molecule has 1 N–H and O–H groups in total. The molecule has 0 aromatic heterocycles. The molecule has 0 unspecified atom stereocenters. The van der Waals surface area contributed by atoms with Crippen molar-refractivity contribution in [3.05, 3.63) is 29.1 Å². The molecule has 0 saturated carbocycles. The van der Waals surface area contributed by atoms with Gasteiger partial charge in [-0.2, -0.15) is 0 Å². The Balaban J connectivity index is 2.67. The van der Waals surface area contributed by atoms with Crippen LogP contribution in [0.15, 0.2) is 6.07 Å². The number of anilines is 1. The predicted octanol–water partition coefficient (Wildman–Crippen LogP) is 2.07. The summed E-state index contributed by atoms with van der Waals surface area (Å²) < 4.78 is 38.1. The first-order valence-corrected chi connectivity index (χ1v) is 3.60. The van der Waals surface area contributed by atoms with Gasteiger partial charge < -0.3 is 5.32 Å². The molecule has 0 atom stereocenters. The molecular weight excluding hydrogens is 167 g/mol. The van der Waals surface area contributed by atoms with E-state index in [1.165, 1.54) is 0 Å². The Bertz CT molecular complexity index is 336. The van der Waals surface area contributed by atoms with Gasteiger partial charge in [0.05, 0.1) is 0 Å². The highest BCUT2D eigenvalue weighted by atomic mass is 19.2. The summed E-state index contributed by atoms with van der Waals surface area (Å²) >= 11 is 0. The van der Waals surface area contributed by atoms with Gasteiger partial charge in [0.1, 0.15) is 0 Å². The second-order valence-electron chi connectivity index (χ2n) is 2.69. The maximum absolute atomic E-state index is 12.9. The maximum Gasteiger partial charge on any atom is 0.194 e. The van der Waals surface area contributed by atoms with Crippen molar-refractivity contribution >= 4 is 5.69 Å². The molecule has 4 heteroatoms. The van der Waals surface area contributed by atoms with Gasteiger partial charge in [-0.15, -0.1) is 0 Å². The highest BCUT2D eigenvalue weighted by molar-refractivity contribution is 5.56. The minimum absolute atomic E-state index is 0.244. The normalized spacial score (nSPS) is 14.2. The average molecular weight is 173 g/mol. The zero-order chi connectivity index (χ0) is 8.72. The molecule has 0 fully saturated rings. The van der Waals surface area contributed by atoms with Crippen LogP contribution in [0.1, 0.15) is 5.56 Å². The molecule has 1 heterocycles. The summed E-state index contributed by atoms with van der Waals surface area (Å²) in [5.74, 6) is -3.58. The van der Waals surface area contributed by atoms with Crippen molar-refractivity contribution < 1.29 is 13.2 Å². The molecule has 1 aromatic rings. The fourth-order valence-electron chi connectivity index (χ4n) is 1.36. The van der Waals surface area contributed by atoms with Gasteiger partial charge in [-0.05, 0) is 6.42 Å². The third-order valence-corrected chi connectivity index (χ3v) is 1.95. The van der Waals surface area contributed by atoms with E-state index in [1.54, 1.807) is 0 Å². The Hall–Kier alpha value is -1.19. The van der Waals surface area contributed by atoms with E-state index in [2.05, 4.69) is 5.32 Å². The molecule has 0 radical (unpaired) electrons. The van der Waals surface area contributed by atoms with Gasteiger partial charge in [0.25, 0.3) is 0 Å². The Morgan fingerprint density at radius 1 is 1.17 bits per heavy atom. The first-order chi connectivity index (χ1) is 5.70. The van der Waals surface area contributed by atoms with Crippen LogP contribution < -0.4 is 5.32 Å². The number of hydrogen-bond donors (Lipinski definition) is 1. The SMILES string of the molecule is Fc1cc2c(c(F)c1F)CCN2. The van der Waals surface area contributed by atoms with Crippen LogP contribution in [0.2, 0.25) is 0 Å². The smallest absolute Gasteiger partial charge is 0.194 e. The lowest BCUT2D eigenvalue weighted by Crippen LogP contribution is -1.95. The maximum atomic E-state index is 12.9. The van der Waals surface area contributed by atoms with E-state index >= 15 is 0 Å². The lowest BCUT2D eigenvalue weighted by molar-refractivity contribution is 0.443. The molecule has 12 heavy (non-hydrogen) atoms. The Labute approximate surface area is 67.2 Å². The van der Waals surface area contributed by atoms with Crippen LogP contribution in [0.5, 0.6) is 0 Å². The monoisotopic (exact) mass is 173 g/mol. The second kappa shape index (κ2) is 2.40. The predicted molar refractivity (Wildman–Crippen MR) is 38.5 cm³/mol. The molecule has 0 saturated heterocycles. The molecule has 1 nitrogen and oxygen atoms in total. The van der Waals surface area contributed by atoms with Gasteiger partial charge >= 0.3 is 0 Å². The van der Waals surface area contributed by atoms with Gasteiger partial charge in [-0.3, -0.25) is 0 Å². The number of benzene rings is 1. The molecule has 1 aliphatic rings. The lowest BCUT2D eigenvalue weighted by Gasteiger charge is -2.02.